The molecule has 0 aliphatic heterocycles. The first-order valence-corrected chi connectivity index (χ1v) is 8.18. The highest BCUT2D eigenvalue weighted by Gasteiger charge is 2.11. The van der Waals surface area contributed by atoms with Gasteiger partial charge in [0, 0.05) is 11.1 Å². The van der Waals surface area contributed by atoms with Gasteiger partial charge in [-0.25, -0.2) is 4.79 Å². The van der Waals surface area contributed by atoms with Crippen molar-refractivity contribution in [2.24, 2.45) is 0 Å². The van der Waals surface area contributed by atoms with Gasteiger partial charge in [-0.1, -0.05) is 42.5 Å². The van der Waals surface area contributed by atoms with E-state index in [1.54, 1.807) is 18.2 Å². The Morgan fingerprint density at radius 3 is 2.58 bits per heavy atom. The summed E-state index contributed by atoms with van der Waals surface area (Å²) in [4.78, 5) is 23.9. The number of amides is 1. The predicted octanol–water partition coefficient (Wildman–Crippen LogP) is 3.95. The number of ether oxygens (including phenoxy) is 2. The number of carbonyl (C=O) groups is 2. The van der Waals surface area contributed by atoms with Crippen LogP contribution in [0.25, 0.3) is 10.8 Å². The summed E-state index contributed by atoms with van der Waals surface area (Å²) in [5.74, 6) is -0.103. The van der Waals surface area contributed by atoms with Gasteiger partial charge in [-0.2, -0.15) is 0 Å². The van der Waals surface area contributed by atoms with Crippen molar-refractivity contribution in [3.8, 4) is 5.75 Å². The van der Waals surface area contributed by atoms with Gasteiger partial charge in [-0.15, -0.1) is 0 Å². The lowest BCUT2D eigenvalue weighted by molar-refractivity contribution is -0.118. The van der Waals surface area contributed by atoms with Crippen molar-refractivity contribution in [2.45, 2.75) is 6.92 Å². The Morgan fingerprint density at radius 2 is 1.77 bits per heavy atom. The lowest BCUT2D eigenvalue weighted by atomic mass is 10.1. The Balaban J connectivity index is 1.70. The van der Waals surface area contributed by atoms with Gasteiger partial charge in [0.2, 0.25) is 0 Å². The van der Waals surface area contributed by atoms with Crippen LogP contribution in [0.5, 0.6) is 5.75 Å². The standard InChI is InChI=1S/C21H19NO4/c1-14-10-11-16(21(24)25-2)12-18(14)22-20(23)13-26-19-9-5-7-15-6-3-4-8-17(15)19/h3-12H,13H2,1-2H3,(H,22,23). The number of esters is 1. The molecule has 0 bridgehead atoms. The van der Waals surface area contributed by atoms with Gasteiger partial charge >= 0.3 is 5.97 Å². The molecule has 1 N–H and O–H groups in total. The fraction of sp³-hybridized carbons (Fsp3) is 0.143. The van der Waals surface area contributed by atoms with Crippen molar-refractivity contribution >= 4 is 28.3 Å². The number of hydrogen-bond acceptors (Lipinski definition) is 4. The summed E-state index contributed by atoms with van der Waals surface area (Å²) in [5, 5.41) is 4.77. The Bertz CT molecular complexity index is 960. The first-order chi connectivity index (χ1) is 12.6. The number of anilines is 1. The van der Waals surface area contributed by atoms with Crippen LogP contribution in [0.15, 0.2) is 60.7 Å². The SMILES string of the molecule is COC(=O)c1ccc(C)c(NC(=O)COc2cccc3ccccc23)c1. The van der Waals surface area contributed by atoms with Crippen LogP contribution in [0.1, 0.15) is 15.9 Å². The summed E-state index contributed by atoms with van der Waals surface area (Å²) in [5.41, 5.74) is 1.78. The lowest BCUT2D eigenvalue weighted by Crippen LogP contribution is -2.21. The molecule has 3 aromatic rings. The maximum absolute atomic E-state index is 12.3. The van der Waals surface area contributed by atoms with Gasteiger partial charge < -0.3 is 14.8 Å². The van der Waals surface area contributed by atoms with Crippen LogP contribution in [0.2, 0.25) is 0 Å². The Hall–Kier alpha value is -3.34. The third-order valence-electron chi connectivity index (χ3n) is 4.04. The summed E-state index contributed by atoms with van der Waals surface area (Å²) < 4.78 is 10.4. The summed E-state index contributed by atoms with van der Waals surface area (Å²) >= 11 is 0. The first-order valence-electron chi connectivity index (χ1n) is 8.18. The quantitative estimate of drug-likeness (QED) is 0.708. The maximum atomic E-state index is 12.3. The van der Waals surface area contributed by atoms with Crippen LogP contribution in [0.3, 0.4) is 0 Å². The molecule has 1 amide bonds. The van der Waals surface area contributed by atoms with E-state index in [1.165, 1.54) is 7.11 Å². The molecule has 5 heteroatoms. The molecule has 0 unspecified atom stereocenters. The Labute approximate surface area is 151 Å². The Morgan fingerprint density at radius 1 is 1.00 bits per heavy atom. The molecule has 0 aromatic heterocycles. The largest absolute Gasteiger partial charge is 0.483 e. The third-order valence-corrected chi connectivity index (χ3v) is 4.04. The lowest BCUT2D eigenvalue weighted by Gasteiger charge is -2.12. The van der Waals surface area contributed by atoms with Gasteiger partial charge in [0.15, 0.2) is 6.61 Å². The zero-order chi connectivity index (χ0) is 18.5. The van der Waals surface area contributed by atoms with Crippen molar-refractivity contribution < 1.29 is 19.1 Å². The summed E-state index contributed by atoms with van der Waals surface area (Å²) in [6, 6.07) is 18.5. The molecule has 26 heavy (non-hydrogen) atoms. The smallest absolute Gasteiger partial charge is 0.337 e. The van der Waals surface area contributed by atoms with E-state index in [9.17, 15) is 9.59 Å². The number of carbonyl (C=O) groups excluding carboxylic acids is 2. The minimum Gasteiger partial charge on any atom is -0.483 e. The molecule has 0 spiro atoms. The van der Waals surface area contributed by atoms with Gasteiger partial charge in [0.25, 0.3) is 5.91 Å². The normalized spacial score (nSPS) is 10.4. The van der Waals surface area contributed by atoms with Crippen molar-refractivity contribution in [1.29, 1.82) is 0 Å². The van der Waals surface area contributed by atoms with Gasteiger partial charge in [0.05, 0.1) is 12.7 Å². The van der Waals surface area contributed by atoms with E-state index < -0.39 is 5.97 Å². The van der Waals surface area contributed by atoms with Crippen LogP contribution in [-0.4, -0.2) is 25.6 Å². The zero-order valence-electron chi connectivity index (χ0n) is 14.6. The highest BCUT2D eigenvalue weighted by Crippen LogP contribution is 2.25. The second-order valence-electron chi connectivity index (χ2n) is 5.84. The fourth-order valence-corrected chi connectivity index (χ4v) is 2.65. The first kappa shape index (κ1) is 17.5. The minimum absolute atomic E-state index is 0.129. The van der Waals surface area contributed by atoms with Crippen LogP contribution in [0, 0.1) is 6.92 Å². The van der Waals surface area contributed by atoms with E-state index in [2.05, 4.69) is 5.32 Å². The van der Waals surface area contributed by atoms with Crippen molar-refractivity contribution in [3.05, 3.63) is 71.8 Å². The van der Waals surface area contributed by atoms with Crippen LogP contribution >= 0.6 is 0 Å². The van der Waals surface area contributed by atoms with Gasteiger partial charge in [0.1, 0.15) is 5.75 Å². The number of hydrogen-bond donors (Lipinski definition) is 1. The van der Waals surface area contributed by atoms with E-state index in [0.717, 1.165) is 16.3 Å². The molecule has 0 aliphatic rings. The van der Waals surface area contributed by atoms with E-state index in [0.29, 0.717) is 17.0 Å². The fourth-order valence-electron chi connectivity index (χ4n) is 2.65. The highest BCUT2D eigenvalue weighted by molar-refractivity contribution is 5.96. The molecule has 132 valence electrons. The topological polar surface area (TPSA) is 64.6 Å². The van der Waals surface area contributed by atoms with Crippen LogP contribution < -0.4 is 10.1 Å². The van der Waals surface area contributed by atoms with Crippen molar-refractivity contribution in [3.63, 3.8) is 0 Å². The highest BCUT2D eigenvalue weighted by atomic mass is 16.5. The summed E-state index contributed by atoms with van der Waals surface area (Å²) in [6.07, 6.45) is 0. The predicted molar refractivity (Wildman–Crippen MR) is 101 cm³/mol. The number of nitrogens with one attached hydrogen (secondary N) is 1. The molecule has 0 atom stereocenters. The number of benzene rings is 3. The maximum Gasteiger partial charge on any atom is 0.337 e. The molecule has 5 nitrogen and oxygen atoms in total. The third kappa shape index (κ3) is 3.83. The summed E-state index contributed by atoms with van der Waals surface area (Å²) in [7, 11) is 1.32. The molecular weight excluding hydrogens is 330 g/mol. The molecular formula is C21H19NO4. The second kappa shape index (κ2) is 7.70. The molecule has 0 heterocycles. The number of rotatable bonds is 5. The van der Waals surface area contributed by atoms with E-state index in [-0.39, 0.29) is 12.5 Å². The monoisotopic (exact) mass is 349 g/mol. The van der Waals surface area contributed by atoms with Crippen molar-refractivity contribution in [2.75, 3.05) is 19.0 Å². The van der Waals surface area contributed by atoms with E-state index >= 15 is 0 Å². The molecule has 0 saturated carbocycles. The van der Waals surface area contributed by atoms with Crippen LogP contribution in [-0.2, 0) is 9.53 Å². The zero-order valence-corrected chi connectivity index (χ0v) is 14.6. The van der Waals surface area contributed by atoms with Gasteiger partial charge in [-0.05, 0) is 36.1 Å². The van der Waals surface area contributed by atoms with E-state index in [1.807, 2.05) is 49.4 Å². The molecule has 0 saturated heterocycles. The Kier molecular flexibility index (Phi) is 5.17. The number of fused-ring (bicyclic) bond motifs is 1. The van der Waals surface area contributed by atoms with E-state index in [4.69, 9.17) is 9.47 Å². The average molecular weight is 349 g/mol. The minimum atomic E-state index is -0.451. The van der Waals surface area contributed by atoms with Crippen molar-refractivity contribution in [1.82, 2.24) is 0 Å². The molecule has 3 rings (SSSR count). The second-order valence-corrected chi connectivity index (χ2v) is 5.84. The molecule has 0 aliphatic carbocycles. The average Bonchev–Trinajstić information content (AvgIpc) is 2.67. The molecule has 0 radical (unpaired) electrons. The summed E-state index contributed by atoms with van der Waals surface area (Å²) in [6.45, 7) is 1.72. The number of aryl methyl sites for hydroxylation is 1. The molecule has 0 fully saturated rings. The van der Waals surface area contributed by atoms with Crippen LogP contribution in [0.4, 0.5) is 5.69 Å². The van der Waals surface area contributed by atoms with Gasteiger partial charge in [-0.3, -0.25) is 4.79 Å². The molecule has 3 aromatic carbocycles. The number of methoxy groups -OCH3 is 1.